The van der Waals surface area contributed by atoms with Crippen LogP contribution in [0.1, 0.15) is 51.6 Å². The van der Waals surface area contributed by atoms with E-state index in [2.05, 4.69) is 16.0 Å². The van der Waals surface area contributed by atoms with Gasteiger partial charge < -0.3 is 5.11 Å². The van der Waals surface area contributed by atoms with E-state index in [4.69, 9.17) is 28.0 Å². The highest BCUT2D eigenvalue weighted by atomic mass is 35.5. The SMILES string of the molecule is CON1C(=O)c2cccc(C(CCO)N3CCC3)c2[C@@]1(Cc1ccc(Cl)cn1)c1ccc(Cl)cc1. The molecule has 1 unspecified atom stereocenters. The number of amides is 1. The first kappa shape index (κ1) is 24.2. The van der Waals surface area contributed by atoms with Crippen LogP contribution in [-0.4, -0.2) is 52.8 Å². The zero-order valence-electron chi connectivity index (χ0n) is 19.5. The van der Waals surface area contributed by atoms with E-state index in [1.165, 1.54) is 12.2 Å². The lowest BCUT2D eigenvalue weighted by atomic mass is 9.75. The molecule has 1 amide bonds. The number of hydrogen-bond acceptors (Lipinski definition) is 5. The summed E-state index contributed by atoms with van der Waals surface area (Å²) in [6, 6.07) is 17.0. The van der Waals surface area contributed by atoms with Crippen LogP contribution in [0, 0.1) is 0 Å². The Labute approximate surface area is 215 Å². The molecule has 1 N–H and O–H groups in total. The number of likely N-dealkylation sites (tertiary alicyclic amines) is 1. The Morgan fingerprint density at radius 1 is 1.09 bits per heavy atom. The Balaban J connectivity index is 1.78. The number of hydrogen-bond donors (Lipinski definition) is 1. The zero-order valence-corrected chi connectivity index (χ0v) is 21.0. The summed E-state index contributed by atoms with van der Waals surface area (Å²) in [5, 5.41) is 12.6. The lowest BCUT2D eigenvalue weighted by molar-refractivity contribution is -0.146. The number of aromatic nitrogens is 1. The minimum absolute atomic E-state index is 0.0156. The first-order valence-corrected chi connectivity index (χ1v) is 12.5. The van der Waals surface area contributed by atoms with Gasteiger partial charge in [-0.05, 0) is 67.4 Å². The molecule has 0 bridgehead atoms. The number of hydroxylamine groups is 2. The van der Waals surface area contributed by atoms with Crippen LogP contribution in [0.5, 0.6) is 0 Å². The molecular weight excluding hydrogens is 485 g/mol. The molecule has 5 rings (SSSR count). The molecule has 2 atom stereocenters. The van der Waals surface area contributed by atoms with Crippen LogP contribution in [0.3, 0.4) is 0 Å². The number of halogens is 2. The second kappa shape index (κ2) is 9.88. The van der Waals surface area contributed by atoms with Crippen LogP contribution in [0.2, 0.25) is 10.0 Å². The van der Waals surface area contributed by atoms with Gasteiger partial charge in [-0.1, -0.05) is 47.5 Å². The molecular formula is C27H27Cl2N3O3. The molecule has 0 spiro atoms. The number of aliphatic hydroxyl groups excluding tert-OH is 1. The number of rotatable bonds is 8. The third-order valence-electron chi connectivity index (χ3n) is 7.09. The summed E-state index contributed by atoms with van der Waals surface area (Å²) in [5.74, 6) is -0.209. The Bertz CT molecular complexity index is 1220. The van der Waals surface area contributed by atoms with Crippen molar-refractivity contribution in [1.82, 2.24) is 14.9 Å². The molecule has 2 aliphatic heterocycles. The van der Waals surface area contributed by atoms with Crippen molar-refractivity contribution in [2.45, 2.75) is 30.8 Å². The van der Waals surface area contributed by atoms with E-state index in [1.807, 2.05) is 42.5 Å². The van der Waals surface area contributed by atoms with Gasteiger partial charge in [0.15, 0.2) is 0 Å². The van der Waals surface area contributed by atoms with E-state index in [0.717, 1.165) is 41.9 Å². The molecule has 2 aliphatic rings. The predicted octanol–water partition coefficient (Wildman–Crippen LogP) is 5.02. The molecule has 6 nitrogen and oxygen atoms in total. The van der Waals surface area contributed by atoms with Crippen molar-refractivity contribution in [1.29, 1.82) is 0 Å². The van der Waals surface area contributed by atoms with Crippen molar-refractivity contribution in [3.8, 4) is 0 Å². The van der Waals surface area contributed by atoms with E-state index in [0.29, 0.717) is 28.5 Å². The summed E-state index contributed by atoms with van der Waals surface area (Å²) in [4.78, 5) is 26.5. The monoisotopic (exact) mass is 511 g/mol. The quantitative estimate of drug-likeness (QED) is 0.459. The summed E-state index contributed by atoms with van der Waals surface area (Å²) in [6.07, 6.45) is 3.69. The number of nitrogens with zero attached hydrogens (tertiary/aromatic N) is 3. The maximum atomic E-state index is 13.8. The van der Waals surface area contributed by atoms with Crippen LogP contribution in [-0.2, 0) is 16.8 Å². The average molecular weight is 512 g/mol. The fraction of sp³-hybridized carbons (Fsp3) is 0.333. The topological polar surface area (TPSA) is 65.9 Å². The van der Waals surface area contributed by atoms with E-state index in [1.54, 1.807) is 12.3 Å². The zero-order chi connectivity index (χ0) is 24.6. The number of carbonyl (C=O) groups excluding carboxylic acids is 1. The lowest BCUT2D eigenvalue weighted by Gasteiger charge is -2.43. The molecule has 1 saturated heterocycles. The van der Waals surface area contributed by atoms with E-state index in [9.17, 15) is 9.90 Å². The Kier molecular flexibility index (Phi) is 6.84. The van der Waals surface area contributed by atoms with Crippen LogP contribution < -0.4 is 0 Å². The normalized spacial score (nSPS) is 20.6. The summed E-state index contributed by atoms with van der Waals surface area (Å²) in [7, 11) is 1.52. The number of pyridine rings is 1. The molecule has 3 heterocycles. The van der Waals surface area contributed by atoms with Gasteiger partial charge in [-0.3, -0.25) is 19.5 Å². The van der Waals surface area contributed by atoms with Crippen molar-refractivity contribution >= 4 is 29.1 Å². The van der Waals surface area contributed by atoms with Gasteiger partial charge in [0, 0.05) is 47.1 Å². The first-order valence-electron chi connectivity index (χ1n) is 11.7. The lowest BCUT2D eigenvalue weighted by Crippen LogP contribution is -2.47. The maximum absolute atomic E-state index is 13.8. The predicted molar refractivity (Wildman–Crippen MR) is 135 cm³/mol. The Hall–Kier alpha value is -2.48. The fourth-order valence-electron chi connectivity index (χ4n) is 5.44. The smallest absolute Gasteiger partial charge is 0.279 e. The molecule has 0 aliphatic carbocycles. The van der Waals surface area contributed by atoms with Gasteiger partial charge in [-0.25, -0.2) is 5.06 Å². The maximum Gasteiger partial charge on any atom is 0.279 e. The second-order valence-corrected chi connectivity index (χ2v) is 9.85. The third-order valence-corrected chi connectivity index (χ3v) is 7.57. The Morgan fingerprint density at radius 2 is 1.83 bits per heavy atom. The highest BCUT2D eigenvalue weighted by Crippen LogP contribution is 2.50. The van der Waals surface area contributed by atoms with Gasteiger partial charge in [0.2, 0.25) is 0 Å². The summed E-state index contributed by atoms with van der Waals surface area (Å²) in [6.45, 7) is 1.98. The molecule has 8 heteroatoms. The summed E-state index contributed by atoms with van der Waals surface area (Å²) < 4.78 is 0. The van der Waals surface area contributed by atoms with Crippen LogP contribution in [0.4, 0.5) is 0 Å². The third kappa shape index (κ3) is 4.13. The minimum atomic E-state index is -0.984. The second-order valence-electron chi connectivity index (χ2n) is 8.98. The van der Waals surface area contributed by atoms with Gasteiger partial charge in [-0.15, -0.1) is 0 Å². The van der Waals surface area contributed by atoms with Gasteiger partial charge >= 0.3 is 0 Å². The molecule has 0 radical (unpaired) electrons. The van der Waals surface area contributed by atoms with Gasteiger partial charge in [0.1, 0.15) is 5.54 Å². The minimum Gasteiger partial charge on any atom is -0.396 e. The van der Waals surface area contributed by atoms with Crippen molar-refractivity contribution in [2.24, 2.45) is 0 Å². The molecule has 0 saturated carbocycles. The molecule has 1 fully saturated rings. The number of benzene rings is 2. The molecule has 1 aromatic heterocycles. The highest BCUT2D eigenvalue weighted by Gasteiger charge is 2.54. The van der Waals surface area contributed by atoms with Crippen molar-refractivity contribution in [2.75, 3.05) is 26.8 Å². The van der Waals surface area contributed by atoms with Crippen LogP contribution >= 0.6 is 23.2 Å². The molecule has 182 valence electrons. The van der Waals surface area contributed by atoms with E-state index < -0.39 is 5.54 Å². The standard InChI is InChI=1S/C27H27Cl2N3O3/c1-35-32-26(34)23-5-2-4-22(24(12-15-33)31-13-3-14-31)25(23)27(32,18-6-8-19(28)9-7-18)16-21-11-10-20(29)17-30-21/h2,4-11,17,24,33H,3,12-16H2,1H3/t24?,27-/m1/s1. The summed E-state index contributed by atoms with van der Waals surface area (Å²) >= 11 is 12.4. The number of aliphatic hydroxyl groups is 1. The molecule has 2 aromatic carbocycles. The van der Waals surface area contributed by atoms with Gasteiger partial charge in [-0.2, -0.15) is 0 Å². The summed E-state index contributed by atoms with van der Waals surface area (Å²) in [5.41, 5.74) is 3.15. The average Bonchev–Trinajstić information content (AvgIpc) is 3.08. The number of fused-ring (bicyclic) bond motifs is 1. The largest absolute Gasteiger partial charge is 0.396 e. The number of carbonyl (C=O) groups is 1. The van der Waals surface area contributed by atoms with Crippen LogP contribution in [0.15, 0.2) is 60.8 Å². The molecule has 3 aromatic rings. The van der Waals surface area contributed by atoms with Crippen LogP contribution in [0.25, 0.3) is 0 Å². The van der Waals surface area contributed by atoms with E-state index >= 15 is 0 Å². The fourth-order valence-corrected chi connectivity index (χ4v) is 5.68. The Morgan fingerprint density at radius 3 is 2.43 bits per heavy atom. The van der Waals surface area contributed by atoms with Crippen molar-refractivity contribution in [3.63, 3.8) is 0 Å². The van der Waals surface area contributed by atoms with Crippen molar-refractivity contribution < 1.29 is 14.7 Å². The highest BCUT2D eigenvalue weighted by molar-refractivity contribution is 6.30. The first-order chi connectivity index (χ1) is 17.0. The van der Waals surface area contributed by atoms with E-state index in [-0.39, 0.29) is 18.6 Å². The molecule has 35 heavy (non-hydrogen) atoms. The van der Waals surface area contributed by atoms with Gasteiger partial charge in [0.05, 0.1) is 12.1 Å². The van der Waals surface area contributed by atoms with Crippen molar-refractivity contribution in [3.05, 3.63) is 98.8 Å². The van der Waals surface area contributed by atoms with Gasteiger partial charge in [0.25, 0.3) is 5.91 Å².